The van der Waals surface area contributed by atoms with Gasteiger partial charge in [-0.25, -0.2) is 9.07 Å². The number of hydrogen-bond donors (Lipinski definition) is 1. The summed E-state index contributed by atoms with van der Waals surface area (Å²) in [6, 6.07) is 12.7. The summed E-state index contributed by atoms with van der Waals surface area (Å²) >= 11 is 0. The summed E-state index contributed by atoms with van der Waals surface area (Å²) in [6.45, 7) is 5.24. The summed E-state index contributed by atoms with van der Waals surface area (Å²) in [5.41, 5.74) is 4.30. The third-order valence-corrected chi connectivity index (χ3v) is 5.73. The van der Waals surface area contributed by atoms with Crippen molar-refractivity contribution in [3.63, 3.8) is 0 Å². The number of benzene rings is 2. The van der Waals surface area contributed by atoms with Crippen LogP contribution in [0.1, 0.15) is 43.1 Å². The van der Waals surface area contributed by atoms with E-state index in [1.165, 1.54) is 17.7 Å². The maximum Gasteiger partial charge on any atom is 0.161 e. The normalized spacial score (nSPS) is 17.4. The standard InChI is InChI=1S/C24H28FN3O2/c1-24(2)12-20(26-14-16-8-9-22(29-3)23(10-16)30-4)19-15-27-28(21(19)13-24)18-7-5-6-17(25)11-18/h5-11,15,20,26H,12-14H2,1-4H3/t20-/m0/s1. The molecule has 4 rings (SSSR count). The molecule has 0 unspecified atom stereocenters. The predicted molar refractivity (Wildman–Crippen MR) is 115 cm³/mol. The van der Waals surface area contributed by atoms with Crippen molar-refractivity contribution >= 4 is 0 Å². The van der Waals surface area contributed by atoms with Gasteiger partial charge in [-0.1, -0.05) is 26.0 Å². The first-order chi connectivity index (χ1) is 14.4. The topological polar surface area (TPSA) is 48.3 Å². The molecule has 1 aliphatic carbocycles. The molecule has 0 saturated carbocycles. The second-order valence-corrected chi connectivity index (χ2v) is 8.61. The second-order valence-electron chi connectivity index (χ2n) is 8.61. The molecule has 0 bridgehead atoms. The van der Waals surface area contributed by atoms with Gasteiger partial charge in [-0.15, -0.1) is 0 Å². The molecule has 30 heavy (non-hydrogen) atoms. The number of halogens is 1. The fraction of sp³-hybridized carbons (Fsp3) is 0.375. The molecule has 0 amide bonds. The molecule has 1 N–H and O–H groups in total. The van der Waals surface area contributed by atoms with Gasteiger partial charge in [-0.05, 0) is 54.2 Å². The molecule has 1 atom stereocenters. The van der Waals surface area contributed by atoms with Gasteiger partial charge in [0.05, 0.1) is 26.1 Å². The largest absolute Gasteiger partial charge is 0.493 e. The molecular formula is C24H28FN3O2. The maximum absolute atomic E-state index is 13.8. The third-order valence-electron chi connectivity index (χ3n) is 5.73. The number of fused-ring (bicyclic) bond motifs is 1. The van der Waals surface area contributed by atoms with Crippen molar-refractivity contribution in [1.29, 1.82) is 0 Å². The minimum atomic E-state index is -0.255. The lowest BCUT2D eigenvalue weighted by molar-refractivity contribution is 0.252. The minimum Gasteiger partial charge on any atom is -0.493 e. The van der Waals surface area contributed by atoms with E-state index >= 15 is 0 Å². The number of hydrogen-bond acceptors (Lipinski definition) is 4. The van der Waals surface area contributed by atoms with Crippen LogP contribution in [0.15, 0.2) is 48.7 Å². The molecule has 1 aliphatic rings. The van der Waals surface area contributed by atoms with E-state index in [1.54, 1.807) is 20.3 Å². The second kappa shape index (κ2) is 8.11. The van der Waals surface area contributed by atoms with Crippen molar-refractivity contribution in [2.45, 2.75) is 39.3 Å². The van der Waals surface area contributed by atoms with Crippen LogP contribution < -0.4 is 14.8 Å². The first-order valence-electron chi connectivity index (χ1n) is 10.2. The Morgan fingerprint density at radius 3 is 2.67 bits per heavy atom. The highest BCUT2D eigenvalue weighted by atomic mass is 19.1. The molecule has 6 heteroatoms. The van der Waals surface area contributed by atoms with Gasteiger partial charge in [0.15, 0.2) is 11.5 Å². The van der Waals surface area contributed by atoms with Crippen LogP contribution in [0.2, 0.25) is 0 Å². The van der Waals surface area contributed by atoms with Crippen molar-refractivity contribution in [2.24, 2.45) is 5.41 Å². The Morgan fingerprint density at radius 2 is 1.93 bits per heavy atom. The van der Waals surface area contributed by atoms with Crippen LogP contribution in [0.4, 0.5) is 4.39 Å². The Hall–Kier alpha value is -2.86. The third kappa shape index (κ3) is 4.05. The van der Waals surface area contributed by atoms with E-state index in [4.69, 9.17) is 9.47 Å². The number of nitrogens with zero attached hydrogens (tertiary/aromatic N) is 2. The summed E-state index contributed by atoms with van der Waals surface area (Å²) < 4.78 is 26.4. The van der Waals surface area contributed by atoms with Crippen LogP contribution in [0, 0.1) is 11.2 Å². The number of methoxy groups -OCH3 is 2. The van der Waals surface area contributed by atoms with Crippen LogP contribution in [-0.2, 0) is 13.0 Å². The van der Waals surface area contributed by atoms with Crippen LogP contribution in [0.3, 0.4) is 0 Å². The van der Waals surface area contributed by atoms with Crippen molar-refractivity contribution in [3.05, 3.63) is 71.3 Å². The van der Waals surface area contributed by atoms with E-state index < -0.39 is 0 Å². The molecule has 0 radical (unpaired) electrons. The van der Waals surface area contributed by atoms with Gasteiger partial charge < -0.3 is 14.8 Å². The van der Waals surface area contributed by atoms with Crippen LogP contribution in [0.5, 0.6) is 11.5 Å². The summed E-state index contributed by atoms with van der Waals surface area (Å²) in [4.78, 5) is 0. The Kier molecular flexibility index (Phi) is 5.52. The maximum atomic E-state index is 13.8. The lowest BCUT2D eigenvalue weighted by atomic mass is 9.74. The molecular weight excluding hydrogens is 381 g/mol. The van der Waals surface area contributed by atoms with Crippen LogP contribution in [-0.4, -0.2) is 24.0 Å². The molecule has 0 spiro atoms. The zero-order valence-corrected chi connectivity index (χ0v) is 17.9. The summed E-state index contributed by atoms with van der Waals surface area (Å²) in [7, 11) is 3.28. The summed E-state index contributed by atoms with van der Waals surface area (Å²) in [5, 5.41) is 8.29. The Bertz CT molecular complexity index is 1040. The van der Waals surface area contributed by atoms with Crippen molar-refractivity contribution in [1.82, 2.24) is 15.1 Å². The van der Waals surface area contributed by atoms with E-state index in [1.807, 2.05) is 35.1 Å². The molecule has 1 heterocycles. The van der Waals surface area contributed by atoms with Crippen molar-refractivity contribution in [2.75, 3.05) is 14.2 Å². The van der Waals surface area contributed by atoms with Crippen LogP contribution in [0.25, 0.3) is 5.69 Å². The average Bonchev–Trinajstić information content (AvgIpc) is 3.14. The fourth-order valence-electron chi connectivity index (χ4n) is 4.29. The molecule has 1 aromatic heterocycles. The minimum absolute atomic E-state index is 0.105. The van der Waals surface area contributed by atoms with E-state index in [9.17, 15) is 4.39 Å². The zero-order chi connectivity index (χ0) is 21.3. The van der Waals surface area contributed by atoms with Gasteiger partial charge in [-0.3, -0.25) is 0 Å². The van der Waals surface area contributed by atoms with Crippen molar-refractivity contribution < 1.29 is 13.9 Å². The molecule has 3 aromatic rings. The molecule has 2 aromatic carbocycles. The fourth-order valence-corrected chi connectivity index (χ4v) is 4.29. The smallest absolute Gasteiger partial charge is 0.161 e. The van der Waals surface area contributed by atoms with E-state index in [0.29, 0.717) is 6.54 Å². The Balaban J connectivity index is 1.60. The number of nitrogens with one attached hydrogen (secondary N) is 1. The zero-order valence-electron chi connectivity index (χ0n) is 17.9. The number of aromatic nitrogens is 2. The van der Waals surface area contributed by atoms with Gasteiger partial charge in [0.1, 0.15) is 5.82 Å². The quantitative estimate of drug-likeness (QED) is 0.633. The molecule has 0 fully saturated rings. The summed E-state index contributed by atoms with van der Waals surface area (Å²) in [6.07, 6.45) is 3.82. The predicted octanol–water partition coefficient (Wildman–Crippen LogP) is 4.83. The first-order valence-corrected chi connectivity index (χ1v) is 10.2. The van der Waals surface area contributed by atoms with Gasteiger partial charge in [0.25, 0.3) is 0 Å². The molecule has 158 valence electrons. The monoisotopic (exact) mass is 409 g/mol. The lowest BCUT2D eigenvalue weighted by Gasteiger charge is -2.36. The summed E-state index contributed by atoms with van der Waals surface area (Å²) in [5.74, 6) is 1.19. The van der Waals surface area contributed by atoms with Gasteiger partial charge in [0, 0.05) is 23.8 Å². The molecule has 0 saturated heterocycles. The van der Waals surface area contributed by atoms with Gasteiger partial charge in [0.2, 0.25) is 0 Å². The average molecular weight is 410 g/mol. The Labute approximate surface area is 176 Å². The SMILES string of the molecule is COc1ccc(CN[C@H]2CC(C)(C)Cc3c2cnn3-c2cccc(F)c2)cc1OC. The number of ether oxygens (including phenoxy) is 2. The van der Waals surface area contributed by atoms with E-state index in [-0.39, 0.29) is 17.3 Å². The highest BCUT2D eigenvalue weighted by Gasteiger charge is 2.35. The highest BCUT2D eigenvalue weighted by molar-refractivity contribution is 5.43. The van der Waals surface area contributed by atoms with E-state index in [2.05, 4.69) is 24.3 Å². The van der Waals surface area contributed by atoms with E-state index in [0.717, 1.165) is 41.3 Å². The highest BCUT2D eigenvalue weighted by Crippen LogP contribution is 2.41. The number of rotatable bonds is 6. The van der Waals surface area contributed by atoms with Gasteiger partial charge >= 0.3 is 0 Å². The molecule has 5 nitrogen and oxygen atoms in total. The van der Waals surface area contributed by atoms with Gasteiger partial charge in [-0.2, -0.15) is 5.10 Å². The Morgan fingerprint density at radius 1 is 1.13 bits per heavy atom. The van der Waals surface area contributed by atoms with Crippen molar-refractivity contribution in [3.8, 4) is 17.2 Å². The molecule has 0 aliphatic heterocycles. The first kappa shape index (κ1) is 20.4. The lowest BCUT2D eigenvalue weighted by Crippen LogP contribution is -2.33. The van der Waals surface area contributed by atoms with Crippen LogP contribution >= 0.6 is 0 Å².